The number of nitrogens with one attached hydrogen (secondary N) is 1. The molecule has 6 nitrogen and oxygen atoms in total. The zero-order valence-corrected chi connectivity index (χ0v) is 15.0. The molecule has 3 rings (SSSR count). The van der Waals surface area contributed by atoms with Gasteiger partial charge in [0.1, 0.15) is 5.69 Å². The van der Waals surface area contributed by atoms with Crippen LogP contribution in [0.25, 0.3) is 0 Å². The summed E-state index contributed by atoms with van der Waals surface area (Å²) in [7, 11) is 1.76. The number of carbonyl (C=O) groups excluding carboxylic acids is 1. The number of amides is 1. The van der Waals surface area contributed by atoms with Crippen LogP contribution in [-0.4, -0.2) is 39.4 Å². The van der Waals surface area contributed by atoms with Crippen molar-refractivity contribution in [1.29, 1.82) is 0 Å². The van der Waals surface area contributed by atoms with E-state index in [2.05, 4.69) is 20.3 Å². The maximum absolute atomic E-state index is 12.6. The lowest BCUT2D eigenvalue weighted by atomic mass is 10.2. The van der Waals surface area contributed by atoms with Gasteiger partial charge in [0.15, 0.2) is 0 Å². The predicted octanol–water partition coefficient (Wildman–Crippen LogP) is 3.58. The molecular weight excluding hydrogens is 350 g/mol. The Morgan fingerprint density at radius 3 is 2.65 bits per heavy atom. The van der Waals surface area contributed by atoms with E-state index in [4.69, 9.17) is 11.6 Å². The van der Waals surface area contributed by atoms with Crippen LogP contribution in [0.4, 0.5) is 11.6 Å². The Kier molecular flexibility index (Phi) is 5.76. The number of hydrogen-bond donors (Lipinski definition) is 1. The molecule has 0 aliphatic heterocycles. The minimum Gasteiger partial charge on any atom is -0.340 e. The highest BCUT2D eigenvalue weighted by atomic mass is 35.5. The average molecular weight is 368 g/mol. The molecule has 0 aliphatic carbocycles. The molecular formula is C19H18ClN5O. The van der Waals surface area contributed by atoms with E-state index in [9.17, 15) is 4.79 Å². The fourth-order valence-electron chi connectivity index (χ4n) is 2.36. The lowest BCUT2D eigenvalue weighted by molar-refractivity contribution is 0.0791. The van der Waals surface area contributed by atoms with Crippen molar-refractivity contribution >= 4 is 29.1 Å². The first kappa shape index (κ1) is 17.8. The first-order chi connectivity index (χ1) is 12.6. The Bertz CT molecular complexity index is 888. The summed E-state index contributed by atoms with van der Waals surface area (Å²) in [5, 5.41) is 3.59. The van der Waals surface area contributed by atoms with Crippen molar-refractivity contribution in [3.8, 4) is 0 Å². The molecule has 132 valence electrons. The number of para-hydroxylation sites is 1. The largest absolute Gasteiger partial charge is 0.340 e. The van der Waals surface area contributed by atoms with Gasteiger partial charge >= 0.3 is 0 Å². The Morgan fingerprint density at radius 1 is 1.12 bits per heavy atom. The first-order valence-corrected chi connectivity index (χ1v) is 8.50. The summed E-state index contributed by atoms with van der Waals surface area (Å²) in [4.78, 5) is 26.7. The van der Waals surface area contributed by atoms with Crippen LogP contribution in [-0.2, 0) is 6.42 Å². The standard InChI is InChI=1S/C19H18ClN5O/c1-25(13-9-14-6-10-21-11-7-14)18(26)17-8-12-22-19(24-17)23-16-5-3-2-4-15(16)20/h2-8,10-12H,9,13H2,1H3,(H,22,23,24). The molecule has 1 N–H and O–H groups in total. The van der Waals surface area contributed by atoms with Crippen molar-refractivity contribution in [2.24, 2.45) is 0 Å². The maximum Gasteiger partial charge on any atom is 0.272 e. The van der Waals surface area contributed by atoms with Gasteiger partial charge in [-0.15, -0.1) is 0 Å². The molecule has 0 atom stereocenters. The first-order valence-electron chi connectivity index (χ1n) is 8.12. The fourth-order valence-corrected chi connectivity index (χ4v) is 2.55. The molecule has 0 bridgehead atoms. The normalized spacial score (nSPS) is 10.4. The highest BCUT2D eigenvalue weighted by molar-refractivity contribution is 6.33. The molecule has 2 aromatic heterocycles. The second-order valence-corrected chi connectivity index (χ2v) is 6.11. The number of nitrogens with zero attached hydrogens (tertiary/aromatic N) is 4. The molecule has 3 aromatic rings. The van der Waals surface area contributed by atoms with Crippen molar-refractivity contribution < 1.29 is 4.79 Å². The summed E-state index contributed by atoms with van der Waals surface area (Å²) in [5.74, 6) is 0.162. The van der Waals surface area contributed by atoms with E-state index in [1.807, 2.05) is 30.3 Å². The number of likely N-dealkylation sites (N-methyl/N-ethyl adjacent to an activating group) is 1. The minimum atomic E-state index is -0.163. The Labute approximate surface area is 156 Å². The third-order valence-corrected chi connectivity index (χ3v) is 4.16. The molecule has 1 aromatic carbocycles. The van der Waals surface area contributed by atoms with E-state index in [1.165, 1.54) is 0 Å². The Balaban J connectivity index is 1.66. The lowest BCUT2D eigenvalue weighted by Gasteiger charge is -2.17. The van der Waals surface area contributed by atoms with Crippen molar-refractivity contribution in [3.05, 3.63) is 77.3 Å². The molecule has 7 heteroatoms. The van der Waals surface area contributed by atoms with Gasteiger partial charge in [-0.3, -0.25) is 9.78 Å². The molecule has 1 amide bonds. The number of anilines is 2. The van der Waals surface area contributed by atoms with Crippen molar-refractivity contribution in [3.63, 3.8) is 0 Å². The van der Waals surface area contributed by atoms with Gasteiger partial charge in [-0.1, -0.05) is 23.7 Å². The highest BCUT2D eigenvalue weighted by Gasteiger charge is 2.14. The number of hydrogen-bond acceptors (Lipinski definition) is 5. The summed E-state index contributed by atoms with van der Waals surface area (Å²) in [6.07, 6.45) is 5.79. The number of carbonyl (C=O) groups is 1. The van der Waals surface area contributed by atoms with Crippen molar-refractivity contribution in [2.45, 2.75) is 6.42 Å². The predicted molar refractivity (Wildman–Crippen MR) is 102 cm³/mol. The smallest absolute Gasteiger partial charge is 0.272 e. The summed E-state index contributed by atoms with van der Waals surface area (Å²) >= 11 is 6.13. The van der Waals surface area contributed by atoms with Gasteiger partial charge < -0.3 is 10.2 Å². The second kappa shape index (κ2) is 8.40. The molecule has 0 radical (unpaired) electrons. The third kappa shape index (κ3) is 4.55. The van der Waals surface area contributed by atoms with Gasteiger partial charge in [0.2, 0.25) is 5.95 Å². The topological polar surface area (TPSA) is 71.0 Å². The molecule has 0 aliphatic rings. The van der Waals surface area contributed by atoms with Crippen LogP contribution < -0.4 is 5.32 Å². The van der Waals surface area contributed by atoms with E-state index in [0.717, 1.165) is 12.0 Å². The summed E-state index contributed by atoms with van der Waals surface area (Å²) in [5.41, 5.74) is 2.14. The summed E-state index contributed by atoms with van der Waals surface area (Å²) in [6.45, 7) is 0.583. The van der Waals surface area contributed by atoms with Crippen LogP contribution in [0.3, 0.4) is 0 Å². The highest BCUT2D eigenvalue weighted by Crippen LogP contribution is 2.23. The number of benzene rings is 1. The van der Waals surface area contributed by atoms with Crippen LogP contribution in [0.2, 0.25) is 5.02 Å². The Hall–Kier alpha value is -2.99. The molecule has 0 spiro atoms. The number of halogens is 1. The second-order valence-electron chi connectivity index (χ2n) is 5.70. The SMILES string of the molecule is CN(CCc1ccncc1)C(=O)c1ccnc(Nc2ccccc2Cl)n1. The van der Waals surface area contributed by atoms with Gasteiger partial charge in [-0.2, -0.15) is 0 Å². The van der Waals surface area contributed by atoms with Crippen LogP contribution in [0.15, 0.2) is 61.1 Å². The molecule has 2 heterocycles. The minimum absolute atomic E-state index is 0.163. The van der Waals surface area contributed by atoms with Crippen LogP contribution >= 0.6 is 11.6 Å². The van der Waals surface area contributed by atoms with Crippen LogP contribution in [0.5, 0.6) is 0 Å². The zero-order chi connectivity index (χ0) is 18.4. The van der Waals surface area contributed by atoms with E-state index < -0.39 is 0 Å². The zero-order valence-electron chi connectivity index (χ0n) is 14.3. The van der Waals surface area contributed by atoms with Crippen LogP contribution in [0.1, 0.15) is 16.1 Å². The quantitative estimate of drug-likeness (QED) is 0.721. The molecule has 0 saturated carbocycles. The Morgan fingerprint density at radius 2 is 1.88 bits per heavy atom. The molecule has 0 fully saturated rings. The van der Waals surface area contributed by atoms with Gasteiger partial charge in [0.05, 0.1) is 10.7 Å². The third-order valence-electron chi connectivity index (χ3n) is 3.83. The van der Waals surface area contributed by atoms with E-state index in [0.29, 0.717) is 28.9 Å². The average Bonchev–Trinajstić information content (AvgIpc) is 2.68. The monoisotopic (exact) mass is 367 g/mol. The van der Waals surface area contributed by atoms with E-state index in [-0.39, 0.29) is 5.91 Å². The summed E-state index contributed by atoms with van der Waals surface area (Å²) < 4.78 is 0. The lowest BCUT2D eigenvalue weighted by Crippen LogP contribution is -2.29. The molecule has 0 saturated heterocycles. The van der Waals surface area contributed by atoms with Gasteiger partial charge in [-0.25, -0.2) is 9.97 Å². The number of aromatic nitrogens is 3. The number of rotatable bonds is 6. The van der Waals surface area contributed by atoms with E-state index >= 15 is 0 Å². The van der Waals surface area contributed by atoms with E-state index in [1.54, 1.807) is 42.7 Å². The van der Waals surface area contributed by atoms with Crippen molar-refractivity contribution in [1.82, 2.24) is 19.9 Å². The molecule has 26 heavy (non-hydrogen) atoms. The van der Waals surface area contributed by atoms with Crippen molar-refractivity contribution in [2.75, 3.05) is 18.9 Å². The fraction of sp³-hybridized carbons (Fsp3) is 0.158. The van der Waals surface area contributed by atoms with Crippen LogP contribution in [0, 0.1) is 0 Å². The van der Waals surface area contributed by atoms with Gasteiger partial charge in [0.25, 0.3) is 5.91 Å². The molecule has 0 unspecified atom stereocenters. The van der Waals surface area contributed by atoms with Gasteiger partial charge in [-0.05, 0) is 42.3 Å². The summed E-state index contributed by atoms with van der Waals surface area (Å²) in [6, 6.07) is 12.8. The maximum atomic E-state index is 12.6. The van der Waals surface area contributed by atoms with Gasteiger partial charge in [0, 0.05) is 32.2 Å². The number of pyridine rings is 1.